The van der Waals surface area contributed by atoms with Crippen molar-refractivity contribution < 1.29 is 5.11 Å². The molecule has 78 valence electrons. The van der Waals surface area contributed by atoms with E-state index in [1.54, 1.807) is 30.7 Å². The molecule has 0 aliphatic rings. The third-order valence-electron chi connectivity index (χ3n) is 2.02. The summed E-state index contributed by atoms with van der Waals surface area (Å²) < 4.78 is 0. The van der Waals surface area contributed by atoms with E-state index in [-0.39, 0.29) is 6.61 Å². The number of nitrogens with zero attached hydrogens (tertiary/aromatic N) is 2. The van der Waals surface area contributed by atoms with Crippen molar-refractivity contribution >= 4 is 0 Å². The number of hydrogen-bond donors (Lipinski definition) is 1. The Labute approximate surface area is 93.8 Å². The minimum atomic E-state index is 0.00641. The largest absolute Gasteiger partial charge is 0.392 e. The van der Waals surface area contributed by atoms with Crippen molar-refractivity contribution in [3.05, 3.63) is 59.7 Å². The molecular weight excluding hydrogens is 200 g/mol. The van der Waals surface area contributed by atoms with Crippen LogP contribution in [0.1, 0.15) is 16.8 Å². The number of rotatable bonds is 1. The Hall–Kier alpha value is -2.18. The zero-order valence-corrected chi connectivity index (χ0v) is 8.59. The van der Waals surface area contributed by atoms with Crippen LogP contribution in [0.25, 0.3) is 0 Å². The number of aliphatic hydroxyl groups excluding tert-OH is 1. The predicted molar refractivity (Wildman–Crippen MR) is 60.4 cm³/mol. The summed E-state index contributed by atoms with van der Waals surface area (Å²) >= 11 is 0. The first-order valence-corrected chi connectivity index (χ1v) is 4.86. The summed E-state index contributed by atoms with van der Waals surface area (Å²) in [6, 6.07) is 7.21. The zero-order chi connectivity index (χ0) is 11.2. The SMILES string of the molecule is OCc1ccnc(C#Cc2ccncc2)c1. The maximum absolute atomic E-state index is 8.96. The van der Waals surface area contributed by atoms with Crippen molar-refractivity contribution in [1.29, 1.82) is 0 Å². The second-order valence-electron chi connectivity index (χ2n) is 3.19. The lowest BCUT2D eigenvalue weighted by atomic mass is 10.2. The van der Waals surface area contributed by atoms with E-state index in [1.807, 2.05) is 12.1 Å². The average Bonchev–Trinajstić information content (AvgIpc) is 2.38. The van der Waals surface area contributed by atoms with E-state index in [9.17, 15) is 0 Å². The Bertz CT molecular complexity index is 526. The van der Waals surface area contributed by atoms with Crippen molar-refractivity contribution in [1.82, 2.24) is 9.97 Å². The van der Waals surface area contributed by atoms with Crippen molar-refractivity contribution in [3.63, 3.8) is 0 Å². The molecule has 3 heteroatoms. The van der Waals surface area contributed by atoms with Gasteiger partial charge in [-0.25, -0.2) is 4.98 Å². The number of hydrogen-bond acceptors (Lipinski definition) is 3. The molecule has 2 heterocycles. The van der Waals surface area contributed by atoms with Crippen molar-refractivity contribution in [3.8, 4) is 11.8 Å². The van der Waals surface area contributed by atoms with Gasteiger partial charge in [0.2, 0.25) is 0 Å². The van der Waals surface area contributed by atoms with Crippen LogP contribution in [0.5, 0.6) is 0 Å². The Morgan fingerprint density at radius 3 is 2.62 bits per heavy atom. The highest BCUT2D eigenvalue weighted by molar-refractivity contribution is 5.39. The molecule has 3 nitrogen and oxygen atoms in total. The van der Waals surface area contributed by atoms with Crippen LogP contribution in [0.2, 0.25) is 0 Å². The monoisotopic (exact) mass is 210 g/mol. The van der Waals surface area contributed by atoms with Crippen LogP contribution in [0.4, 0.5) is 0 Å². The standard InChI is InChI=1S/C13H10N2O/c16-10-12-5-8-15-13(9-12)2-1-11-3-6-14-7-4-11/h3-9,16H,10H2. The highest BCUT2D eigenvalue weighted by Crippen LogP contribution is 2.00. The molecule has 0 aliphatic heterocycles. The van der Waals surface area contributed by atoms with Gasteiger partial charge in [-0.05, 0) is 35.7 Å². The fourth-order valence-corrected chi connectivity index (χ4v) is 1.21. The molecule has 2 rings (SSSR count). The lowest BCUT2D eigenvalue weighted by molar-refractivity contribution is 0.281. The molecule has 1 N–H and O–H groups in total. The fourth-order valence-electron chi connectivity index (χ4n) is 1.21. The summed E-state index contributed by atoms with van der Waals surface area (Å²) in [4.78, 5) is 8.01. The minimum absolute atomic E-state index is 0.00641. The van der Waals surface area contributed by atoms with Gasteiger partial charge in [-0.15, -0.1) is 0 Å². The summed E-state index contributed by atoms with van der Waals surface area (Å²) in [5.41, 5.74) is 2.36. The maximum Gasteiger partial charge on any atom is 0.113 e. The van der Waals surface area contributed by atoms with E-state index in [0.717, 1.165) is 11.1 Å². The molecule has 0 amide bonds. The number of aliphatic hydroxyl groups is 1. The smallest absolute Gasteiger partial charge is 0.113 e. The second-order valence-corrected chi connectivity index (χ2v) is 3.19. The van der Waals surface area contributed by atoms with Crippen LogP contribution in [0.15, 0.2) is 42.9 Å². The topological polar surface area (TPSA) is 46.0 Å². The first-order valence-electron chi connectivity index (χ1n) is 4.86. The summed E-state index contributed by atoms with van der Waals surface area (Å²) in [5.74, 6) is 5.91. The Balaban J connectivity index is 2.24. The first-order chi connectivity index (χ1) is 7.88. The van der Waals surface area contributed by atoms with Gasteiger partial charge in [0.25, 0.3) is 0 Å². The van der Waals surface area contributed by atoms with Gasteiger partial charge in [0.1, 0.15) is 5.69 Å². The van der Waals surface area contributed by atoms with Crippen LogP contribution < -0.4 is 0 Å². The molecule has 0 saturated carbocycles. The van der Waals surface area contributed by atoms with Gasteiger partial charge in [-0.2, -0.15) is 0 Å². The van der Waals surface area contributed by atoms with E-state index in [1.165, 1.54) is 0 Å². The number of pyridine rings is 2. The van der Waals surface area contributed by atoms with Crippen molar-refractivity contribution in [2.75, 3.05) is 0 Å². The molecule has 16 heavy (non-hydrogen) atoms. The van der Waals surface area contributed by atoms with E-state index in [2.05, 4.69) is 21.8 Å². The minimum Gasteiger partial charge on any atom is -0.392 e. The van der Waals surface area contributed by atoms with Gasteiger partial charge < -0.3 is 5.11 Å². The Morgan fingerprint density at radius 1 is 1.06 bits per heavy atom. The third-order valence-corrected chi connectivity index (χ3v) is 2.02. The predicted octanol–water partition coefficient (Wildman–Crippen LogP) is 1.37. The first kappa shape index (κ1) is 10.3. The molecule has 0 fully saturated rings. The van der Waals surface area contributed by atoms with Gasteiger partial charge in [0.15, 0.2) is 0 Å². The second kappa shape index (κ2) is 5.06. The lowest BCUT2D eigenvalue weighted by Gasteiger charge is -1.94. The van der Waals surface area contributed by atoms with Crippen LogP contribution in [0.3, 0.4) is 0 Å². The van der Waals surface area contributed by atoms with Crippen LogP contribution in [-0.2, 0) is 6.61 Å². The zero-order valence-electron chi connectivity index (χ0n) is 8.59. The Kier molecular flexibility index (Phi) is 3.27. The van der Waals surface area contributed by atoms with Gasteiger partial charge in [0, 0.05) is 24.2 Å². The molecule has 0 unspecified atom stereocenters. The van der Waals surface area contributed by atoms with Crippen molar-refractivity contribution in [2.45, 2.75) is 6.61 Å². The molecule has 0 spiro atoms. The fraction of sp³-hybridized carbons (Fsp3) is 0.0769. The summed E-state index contributed by atoms with van der Waals surface area (Å²) in [5, 5.41) is 8.96. The maximum atomic E-state index is 8.96. The Morgan fingerprint density at radius 2 is 1.88 bits per heavy atom. The molecule has 2 aromatic heterocycles. The van der Waals surface area contributed by atoms with Crippen LogP contribution in [0, 0.1) is 11.8 Å². The molecule has 0 saturated heterocycles. The van der Waals surface area contributed by atoms with E-state index < -0.39 is 0 Å². The molecular formula is C13H10N2O. The molecule has 0 radical (unpaired) electrons. The summed E-state index contributed by atoms with van der Waals surface area (Å²) in [6.07, 6.45) is 5.03. The molecule has 0 aromatic carbocycles. The average molecular weight is 210 g/mol. The van der Waals surface area contributed by atoms with Gasteiger partial charge in [-0.3, -0.25) is 4.98 Å². The quantitative estimate of drug-likeness (QED) is 0.723. The molecule has 2 aromatic rings. The molecule has 0 atom stereocenters. The molecule has 0 bridgehead atoms. The normalized spacial score (nSPS) is 9.31. The van der Waals surface area contributed by atoms with E-state index in [4.69, 9.17) is 5.11 Å². The van der Waals surface area contributed by atoms with Crippen molar-refractivity contribution in [2.24, 2.45) is 0 Å². The number of aromatic nitrogens is 2. The highest BCUT2D eigenvalue weighted by atomic mass is 16.3. The van der Waals surface area contributed by atoms with Crippen LogP contribution >= 0.6 is 0 Å². The lowest BCUT2D eigenvalue weighted by Crippen LogP contribution is -1.87. The van der Waals surface area contributed by atoms with E-state index >= 15 is 0 Å². The molecule has 0 aliphatic carbocycles. The van der Waals surface area contributed by atoms with Gasteiger partial charge in [0.05, 0.1) is 6.61 Å². The third kappa shape index (κ3) is 2.66. The summed E-state index contributed by atoms with van der Waals surface area (Å²) in [7, 11) is 0. The van der Waals surface area contributed by atoms with Crippen LogP contribution in [-0.4, -0.2) is 15.1 Å². The van der Waals surface area contributed by atoms with Gasteiger partial charge >= 0.3 is 0 Å². The highest BCUT2D eigenvalue weighted by Gasteiger charge is 1.92. The van der Waals surface area contributed by atoms with E-state index in [0.29, 0.717) is 5.69 Å². The van der Waals surface area contributed by atoms with Gasteiger partial charge in [-0.1, -0.05) is 5.92 Å². The summed E-state index contributed by atoms with van der Waals surface area (Å²) in [6.45, 7) is 0.00641.